The van der Waals surface area contributed by atoms with E-state index in [0.29, 0.717) is 11.6 Å². The van der Waals surface area contributed by atoms with Gasteiger partial charge in [0.1, 0.15) is 5.69 Å². The van der Waals surface area contributed by atoms with Gasteiger partial charge in [-0.05, 0) is 73.9 Å². The summed E-state index contributed by atoms with van der Waals surface area (Å²) in [5, 5.41) is 6.64. The Morgan fingerprint density at radius 1 is 1.04 bits per heavy atom. The van der Waals surface area contributed by atoms with Crippen LogP contribution in [0.1, 0.15) is 64.8 Å². The number of hydrogen-bond acceptors (Lipinski definition) is 3. The molecule has 1 fully saturated rings. The number of rotatable bonds is 3. The van der Waals surface area contributed by atoms with Gasteiger partial charge in [0.25, 0.3) is 5.91 Å². The summed E-state index contributed by atoms with van der Waals surface area (Å²) in [6, 6.07) is 12.6. The molecule has 1 aromatic carbocycles. The lowest BCUT2D eigenvalue weighted by atomic mass is 9.87. The molecule has 2 aromatic rings. The summed E-state index contributed by atoms with van der Waals surface area (Å²) in [4.78, 5) is 17.4. The number of fused-ring (bicyclic) bond motifs is 1. The van der Waals surface area contributed by atoms with Gasteiger partial charge in [-0.2, -0.15) is 0 Å². The first-order valence-corrected chi connectivity index (χ1v) is 9.37. The number of nitrogens with zero attached hydrogens (tertiary/aromatic N) is 1. The zero-order valence-corrected chi connectivity index (χ0v) is 14.5. The molecule has 0 radical (unpaired) electrons. The second-order valence-electron chi connectivity index (χ2n) is 7.08. The van der Waals surface area contributed by atoms with E-state index in [1.54, 1.807) is 6.20 Å². The SMILES string of the molecule is O=C(NC1CCCc2ccccc21)c1ncccc1C1CCNCC1. The minimum absolute atomic E-state index is 0.0316. The van der Waals surface area contributed by atoms with Crippen LogP contribution in [0, 0.1) is 0 Å². The van der Waals surface area contributed by atoms with Gasteiger partial charge >= 0.3 is 0 Å². The highest BCUT2D eigenvalue weighted by Crippen LogP contribution is 2.31. The predicted molar refractivity (Wildman–Crippen MR) is 98.7 cm³/mol. The lowest BCUT2D eigenvalue weighted by Gasteiger charge is -2.28. The first-order valence-electron chi connectivity index (χ1n) is 9.37. The van der Waals surface area contributed by atoms with Crippen LogP contribution in [0.2, 0.25) is 0 Å². The second kappa shape index (κ2) is 7.36. The van der Waals surface area contributed by atoms with E-state index < -0.39 is 0 Å². The number of piperidine rings is 1. The van der Waals surface area contributed by atoms with Crippen molar-refractivity contribution in [3.63, 3.8) is 0 Å². The Hall–Kier alpha value is -2.20. The average Bonchev–Trinajstić information content (AvgIpc) is 2.69. The minimum Gasteiger partial charge on any atom is -0.344 e. The number of carbonyl (C=O) groups is 1. The molecular weight excluding hydrogens is 310 g/mol. The van der Waals surface area contributed by atoms with E-state index in [1.807, 2.05) is 6.07 Å². The molecule has 25 heavy (non-hydrogen) atoms. The van der Waals surface area contributed by atoms with E-state index in [2.05, 4.69) is 45.9 Å². The van der Waals surface area contributed by atoms with Crippen LogP contribution < -0.4 is 10.6 Å². The summed E-state index contributed by atoms with van der Waals surface area (Å²) in [5.74, 6) is 0.394. The monoisotopic (exact) mass is 335 g/mol. The van der Waals surface area contributed by atoms with Crippen LogP contribution in [0.15, 0.2) is 42.6 Å². The maximum Gasteiger partial charge on any atom is 0.270 e. The fraction of sp³-hybridized carbons (Fsp3) is 0.429. The van der Waals surface area contributed by atoms with Gasteiger partial charge in [-0.15, -0.1) is 0 Å². The summed E-state index contributed by atoms with van der Waals surface area (Å²) in [5.41, 5.74) is 4.34. The molecule has 1 aromatic heterocycles. The van der Waals surface area contributed by atoms with Crippen LogP contribution in [0.5, 0.6) is 0 Å². The lowest BCUT2D eigenvalue weighted by Crippen LogP contribution is -2.33. The van der Waals surface area contributed by atoms with Crippen molar-refractivity contribution in [1.82, 2.24) is 15.6 Å². The molecule has 2 heterocycles. The van der Waals surface area contributed by atoms with Gasteiger partial charge in [0.15, 0.2) is 0 Å². The Bertz CT molecular complexity index is 752. The van der Waals surface area contributed by atoms with Crippen molar-refractivity contribution in [2.45, 2.75) is 44.1 Å². The zero-order chi connectivity index (χ0) is 17.1. The molecule has 1 aliphatic heterocycles. The maximum absolute atomic E-state index is 13.0. The molecule has 0 spiro atoms. The molecular formula is C21H25N3O. The quantitative estimate of drug-likeness (QED) is 0.904. The molecule has 130 valence electrons. The summed E-state index contributed by atoms with van der Waals surface area (Å²) in [7, 11) is 0. The standard InChI is InChI=1S/C21H25N3O/c25-21(24-19-9-3-6-15-5-1-2-7-17(15)19)20-18(8-4-12-23-20)16-10-13-22-14-11-16/h1-2,4-5,7-8,12,16,19,22H,3,6,9-11,13-14H2,(H,24,25). The zero-order valence-electron chi connectivity index (χ0n) is 14.5. The van der Waals surface area contributed by atoms with E-state index in [9.17, 15) is 4.79 Å². The van der Waals surface area contributed by atoms with Crippen LogP contribution >= 0.6 is 0 Å². The molecule has 1 aliphatic carbocycles. The van der Waals surface area contributed by atoms with Crippen LogP contribution in [0.25, 0.3) is 0 Å². The molecule has 4 heteroatoms. The number of pyridine rings is 1. The highest BCUT2D eigenvalue weighted by atomic mass is 16.1. The number of carbonyl (C=O) groups excluding carboxylic acids is 1. The van der Waals surface area contributed by atoms with Crippen LogP contribution in [0.4, 0.5) is 0 Å². The molecule has 1 saturated heterocycles. The van der Waals surface area contributed by atoms with Crippen molar-refractivity contribution in [2.24, 2.45) is 0 Å². The molecule has 4 rings (SSSR count). The van der Waals surface area contributed by atoms with E-state index in [-0.39, 0.29) is 11.9 Å². The third kappa shape index (κ3) is 3.45. The average molecular weight is 335 g/mol. The molecule has 1 atom stereocenters. The van der Waals surface area contributed by atoms with Gasteiger partial charge < -0.3 is 10.6 Å². The maximum atomic E-state index is 13.0. The van der Waals surface area contributed by atoms with Crippen LogP contribution in [-0.4, -0.2) is 24.0 Å². The number of hydrogen-bond donors (Lipinski definition) is 2. The molecule has 1 unspecified atom stereocenters. The number of aromatic nitrogens is 1. The van der Waals surface area contributed by atoms with Gasteiger partial charge in [-0.3, -0.25) is 9.78 Å². The van der Waals surface area contributed by atoms with Crippen molar-refractivity contribution < 1.29 is 4.79 Å². The smallest absolute Gasteiger partial charge is 0.270 e. The largest absolute Gasteiger partial charge is 0.344 e. The normalized spacial score (nSPS) is 20.7. The number of aryl methyl sites for hydroxylation is 1. The van der Waals surface area contributed by atoms with Crippen LogP contribution in [-0.2, 0) is 6.42 Å². The van der Waals surface area contributed by atoms with E-state index in [0.717, 1.165) is 50.8 Å². The Morgan fingerprint density at radius 2 is 1.84 bits per heavy atom. The first-order chi connectivity index (χ1) is 12.3. The van der Waals surface area contributed by atoms with E-state index >= 15 is 0 Å². The van der Waals surface area contributed by atoms with E-state index in [1.165, 1.54) is 11.1 Å². The third-order valence-corrected chi connectivity index (χ3v) is 5.51. The Balaban J connectivity index is 1.56. The number of amides is 1. The van der Waals surface area contributed by atoms with Crippen molar-refractivity contribution in [1.29, 1.82) is 0 Å². The fourth-order valence-electron chi connectivity index (χ4n) is 4.20. The van der Waals surface area contributed by atoms with Gasteiger partial charge in [0.2, 0.25) is 0 Å². The van der Waals surface area contributed by atoms with Gasteiger partial charge in [0.05, 0.1) is 6.04 Å². The molecule has 0 bridgehead atoms. The summed E-state index contributed by atoms with van der Waals surface area (Å²) in [6.45, 7) is 2.02. The number of benzene rings is 1. The first kappa shape index (κ1) is 16.3. The Morgan fingerprint density at radius 3 is 2.72 bits per heavy atom. The Labute approximate surface area is 149 Å². The minimum atomic E-state index is -0.0316. The van der Waals surface area contributed by atoms with E-state index in [4.69, 9.17) is 0 Å². The molecule has 2 N–H and O–H groups in total. The van der Waals surface area contributed by atoms with Crippen molar-refractivity contribution >= 4 is 5.91 Å². The molecule has 0 saturated carbocycles. The third-order valence-electron chi connectivity index (χ3n) is 5.51. The molecule has 1 amide bonds. The van der Waals surface area contributed by atoms with Gasteiger partial charge in [-0.1, -0.05) is 30.3 Å². The van der Waals surface area contributed by atoms with Gasteiger partial charge in [-0.25, -0.2) is 0 Å². The Kier molecular flexibility index (Phi) is 4.79. The van der Waals surface area contributed by atoms with Crippen molar-refractivity contribution in [3.8, 4) is 0 Å². The second-order valence-corrected chi connectivity index (χ2v) is 7.08. The topological polar surface area (TPSA) is 54.0 Å². The predicted octanol–water partition coefficient (Wildman–Crippen LogP) is 3.36. The summed E-state index contributed by atoms with van der Waals surface area (Å²) in [6.07, 6.45) is 7.08. The summed E-state index contributed by atoms with van der Waals surface area (Å²) < 4.78 is 0. The van der Waals surface area contributed by atoms with Gasteiger partial charge in [0, 0.05) is 6.20 Å². The molecule has 4 nitrogen and oxygen atoms in total. The lowest BCUT2D eigenvalue weighted by molar-refractivity contribution is 0.0926. The number of nitrogens with one attached hydrogen (secondary N) is 2. The van der Waals surface area contributed by atoms with Crippen molar-refractivity contribution in [3.05, 3.63) is 65.0 Å². The highest BCUT2D eigenvalue weighted by Gasteiger charge is 2.26. The fourth-order valence-corrected chi connectivity index (χ4v) is 4.20. The van der Waals surface area contributed by atoms with Crippen LogP contribution in [0.3, 0.4) is 0 Å². The summed E-state index contributed by atoms with van der Waals surface area (Å²) >= 11 is 0. The molecule has 2 aliphatic rings. The van der Waals surface area contributed by atoms with Crippen molar-refractivity contribution in [2.75, 3.05) is 13.1 Å². The highest BCUT2D eigenvalue weighted by molar-refractivity contribution is 5.94.